The van der Waals surface area contributed by atoms with Gasteiger partial charge in [0, 0.05) is 23.8 Å². The van der Waals surface area contributed by atoms with Crippen molar-refractivity contribution in [3.63, 3.8) is 0 Å². The standard InChI is InChI=1S/C16H17ClN4O3S.H2S/c1-10(14-7-12(17)4-5-15(14)22)19-20-16(23)11-6-13(9-18-8-11)21(2)25-24-3;/h4-9,22H,1-3H3,(H,20,23);1H2/b19-10+;. The van der Waals surface area contributed by atoms with E-state index in [0.717, 1.165) is 12.2 Å². The summed E-state index contributed by atoms with van der Waals surface area (Å²) in [7, 11) is 3.34. The number of halogens is 1. The highest BCUT2D eigenvalue weighted by Gasteiger charge is 2.11. The predicted molar refractivity (Wildman–Crippen MR) is 110 cm³/mol. The van der Waals surface area contributed by atoms with E-state index in [1.165, 1.54) is 12.3 Å². The highest BCUT2D eigenvalue weighted by molar-refractivity contribution is 7.96. The van der Waals surface area contributed by atoms with E-state index < -0.39 is 5.91 Å². The molecule has 7 nitrogen and oxygen atoms in total. The minimum atomic E-state index is -0.425. The highest BCUT2D eigenvalue weighted by atomic mass is 35.5. The molecule has 26 heavy (non-hydrogen) atoms. The molecule has 0 radical (unpaired) electrons. The molecule has 2 N–H and O–H groups in total. The first-order valence-corrected chi connectivity index (χ1v) is 8.23. The van der Waals surface area contributed by atoms with E-state index in [-0.39, 0.29) is 19.2 Å². The predicted octanol–water partition coefficient (Wildman–Crippen LogP) is 3.35. The Bertz CT molecular complexity index is 805. The molecule has 140 valence electrons. The van der Waals surface area contributed by atoms with Crippen LogP contribution in [0, 0.1) is 0 Å². The van der Waals surface area contributed by atoms with Crippen LogP contribution in [0.2, 0.25) is 5.02 Å². The van der Waals surface area contributed by atoms with Gasteiger partial charge in [-0.25, -0.2) is 5.43 Å². The molecule has 0 aliphatic heterocycles. The smallest absolute Gasteiger partial charge is 0.273 e. The summed E-state index contributed by atoms with van der Waals surface area (Å²) >= 11 is 7.03. The lowest BCUT2D eigenvalue weighted by molar-refractivity contribution is 0.0954. The van der Waals surface area contributed by atoms with E-state index >= 15 is 0 Å². The molecule has 0 aliphatic carbocycles. The van der Waals surface area contributed by atoms with Crippen molar-refractivity contribution in [2.24, 2.45) is 5.10 Å². The zero-order chi connectivity index (χ0) is 18.4. The first-order valence-electron chi connectivity index (χ1n) is 7.15. The molecule has 0 spiro atoms. The number of aromatic hydroxyl groups is 1. The van der Waals surface area contributed by atoms with E-state index in [2.05, 4.69) is 15.5 Å². The zero-order valence-electron chi connectivity index (χ0n) is 14.4. The van der Waals surface area contributed by atoms with Crippen molar-refractivity contribution in [2.75, 3.05) is 18.5 Å². The van der Waals surface area contributed by atoms with Gasteiger partial charge in [0.15, 0.2) is 0 Å². The Balaban J connectivity index is 0.00000338. The quantitative estimate of drug-likeness (QED) is 0.326. The van der Waals surface area contributed by atoms with Crippen LogP contribution in [0.5, 0.6) is 5.75 Å². The Morgan fingerprint density at radius 2 is 2.12 bits per heavy atom. The minimum absolute atomic E-state index is 0. The Kier molecular flexibility index (Phi) is 8.73. The lowest BCUT2D eigenvalue weighted by atomic mass is 10.1. The number of benzene rings is 1. The van der Waals surface area contributed by atoms with Crippen LogP contribution < -0.4 is 9.73 Å². The number of pyridine rings is 1. The number of hydrogen-bond donors (Lipinski definition) is 2. The molecule has 0 bridgehead atoms. The zero-order valence-corrected chi connectivity index (χ0v) is 16.9. The van der Waals surface area contributed by atoms with Crippen LogP contribution in [-0.2, 0) is 4.18 Å². The van der Waals surface area contributed by atoms with Gasteiger partial charge in [0.1, 0.15) is 18.0 Å². The monoisotopic (exact) mass is 414 g/mol. The summed E-state index contributed by atoms with van der Waals surface area (Å²) in [6, 6.07) is 6.27. The van der Waals surface area contributed by atoms with Gasteiger partial charge in [-0.1, -0.05) is 11.6 Å². The molecule has 0 saturated carbocycles. The number of hydrogen-bond acceptors (Lipinski definition) is 7. The van der Waals surface area contributed by atoms with E-state index in [0.29, 0.717) is 27.5 Å². The maximum atomic E-state index is 12.3. The molecule has 1 aromatic heterocycles. The highest BCUT2D eigenvalue weighted by Crippen LogP contribution is 2.22. The third kappa shape index (κ3) is 5.80. The van der Waals surface area contributed by atoms with Gasteiger partial charge < -0.3 is 9.29 Å². The fraction of sp³-hybridized carbons (Fsp3) is 0.188. The average Bonchev–Trinajstić information content (AvgIpc) is 2.61. The second-order valence-corrected chi connectivity index (χ2v) is 6.44. The van der Waals surface area contributed by atoms with Gasteiger partial charge in [-0.15, -0.1) is 0 Å². The first kappa shape index (κ1) is 22.1. The normalized spacial score (nSPS) is 10.8. The number of phenols is 1. The van der Waals surface area contributed by atoms with Gasteiger partial charge in [-0.3, -0.25) is 14.1 Å². The molecular weight excluding hydrogens is 396 g/mol. The van der Waals surface area contributed by atoms with Gasteiger partial charge >= 0.3 is 0 Å². The van der Waals surface area contributed by atoms with Crippen LogP contribution >= 0.6 is 37.3 Å². The first-order chi connectivity index (χ1) is 11.9. The van der Waals surface area contributed by atoms with Crippen LogP contribution in [0.3, 0.4) is 0 Å². The average molecular weight is 415 g/mol. The molecule has 0 atom stereocenters. The second kappa shape index (κ2) is 10.3. The van der Waals surface area contributed by atoms with Crippen LogP contribution in [0.25, 0.3) is 0 Å². The summed E-state index contributed by atoms with van der Waals surface area (Å²) in [6.07, 6.45) is 3.05. The maximum absolute atomic E-state index is 12.3. The lowest BCUT2D eigenvalue weighted by Crippen LogP contribution is -2.20. The van der Waals surface area contributed by atoms with E-state index in [1.807, 2.05) is 0 Å². The largest absolute Gasteiger partial charge is 0.507 e. The third-order valence-corrected chi connectivity index (χ3v) is 4.03. The van der Waals surface area contributed by atoms with E-state index in [1.54, 1.807) is 49.8 Å². The summed E-state index contributed by atoms with van der Waals surface area (Å²) < 4.78 is 6.69. The molecule has 2 aromatic rings. The Morgan fingerprint density at radius 3 is 2.81 bits per heavy atom. The molecule has 1 amide bonds. The number of phenolic OH excluding ortho intramolecular Hbond substituents is 1. The molecule has 0 aliphatic rings. The Hall–Kier alpha value is -1.94. The van der Waals surface area contributed by atoms with Crippen LogP contribution in [-0.4, -0.2) is 35.9 Å². The number of hydrazone groups is 1. The van der Waals surface area contributed by atoms with Crippen molar-refractivity contribution in [3.05, 3.63) is 52.8 Å². The third-order valence-electron chi connectivity index (χ3n) is 3.21. The number of nitrogens with zero attached hydrogens (tertiary/aromatic N) is 3. The van der Waals surface area contributed by atoms with Gasteiger partial charge in [-0.05, 0) is 31.2 Å². The summed E-state index contributed by atoms with van der Waals surface area (Å²) in [4.78, 5) is 16.3. The van der Waals surface area contributed by atoms with Crippen LogP contribution in [0.1, 0.15) is 22.8 Å². The SMILES string of the molecule is COSN(C)c1cncc(C(=O)N/N=C(\C)c2cc(Cl)ccc2O)c1.S. The minimum Gasteiger partial charge on any atom is -0.507 e. The number of nitrogens with one attached hydrogen (secondary N) is 1. The van der Waals surface area contributed by atoms with Crippen molar-refractivity contribution in [1.82, 2.24) is 10.4 Å². The molecule has 2 rings (SSSR count). The summed E-state index contributed by atoms with van der Waals surface area (Å²) in [5, 5.41) is 14.3. The molecule has 1 aromatic carbocycles. The van der Waals surface area contributed by atoms with Crippen molar-refractivity contribution in [3.8, 4) is 5.75 Å². The van der Waals surface area contributed by atoms with Crippen LogP contribution in [0.4, 0.5) is 5.69 Å². The van der Waals surface area contributed by atoms with E-state index in [4.69, 9.17) is 15.8 Å². The van der Waals surface area contributed by atoms with Crippen LogP contribution in [0.15, 0.2) is 41.8 Å². The fourth-order valence-electron chi connectivity index (χ4n) is 1.94. The van der Waals surface area contributed by atoms with Gasteiger partial charge in [0.2, 0.25) is 0 Å². The van der Waals surface area contributed by atoms with Gasteiger partial charge in [0.05, 0.1) is 30.3 Å². The summed E-state index contributed by atoms with van der Waals surface area (Å²) in [5.74, 6) is -0.396. The number of rotatable bonds is 6. The number of anilines is 1. The Labute approximate surface area is 168 Å². The maximum Gasteiger partial charge on any atom is 0.273 e. The number of carbonyl (C=O) groups excluding carboxylic acids is 1. The van der Waals surface area contributed by atoms with Crippen molar-refractivity contribution in [1.29, 1.82) is 0 Å². The molecule has 1 heterocycles. The summed E-state index contributed by atoms with van der Waals surface area (Å²) in [5.41, 5.74) is 4.34. The fourth-order valence-corrected chi connectivity index (χ4v) is 2.52. The van der Waals surface area contributed by atoms with Gasteiger partial charge in [-0.2, -0.15) is 18.6 Å². The molecule has 0 unspecified atom stereocenters. The van der Waals surface area contributed by atoms with Crippen molar-refractivity contribution >= 4 is 54.6 Å². The molecule has 0 fully saturated rings. The molecule has 10 heteroatoms. The second-order valence-electron chi connectivity index (χ2n) is 4.97. The lowest BCUT2D eigenvalue weighted by Gasteiger charge is -2.15. The van der Waals surface area contributed by atoms with E-state index in [9.17, 15) is 9.90 Å². The molecule has 0 saturated heterocycles. The Morgan fingerprint density at radius 1 is 1.38 bits per heavy atom. The summed E-state index contributed by atoms with van der Waals surface area (Å²) in [6.45, 7) is 1.66. The van der Waals surface area contributed by atoms with Gasteiger partial charge in [0.25, 0.3) is 5.91 Å². The molecular formula is C16H19ClN4O3S2. The number of amides is 1. The van der Waals surface area contributed by atoms with Crippen molar-refractivity contribution < 1.29 is 14.1 Å². The van der Waals surface area contributed by atoms with Crippen molar-refractivity contribution in [2.45, 2.75) is 6.92 Å². The topological polar surface area (TPSA) is 87.0 Å². The number of carbonyl (C=O) groups is 1. The number of aromatic nitrogens is 1.